The predicted molar refractivity (Wildman–Crippen MR) is 237 cm³/mol. The molecule has 0 bridgehead atoms. The highest BCUT2D eigenvalue weighted by molar-refractivity contribution is 6.06. The molecule has 0 radical (unpaired) electrons. The molecule has 11 rings (SSSR count). The lowest BCUT2D eigenvalue weighted by molar-refractivity contribution is 0.660. The highest BCUT2D eigenvalue weighted by atomic mass is 15.1. The second kappa shape index (κ2) is 11.4. The molecular formula is C55H45N. The number of fused-ring (bicyclic) bond motifs is 11. The topological polar surface area (TPSA) is 3.24 Å². The monoisotopic (exact) mass is 719 g/mol. The van der Waals surface area contributed by atoms with Crippen LogP contribution in [-0.2, 0) is 16.2 Å². The number of anilines is 3. The summed E-state index contributed by atoms with van der Waals surface area (Å²) in [6.07, 6.45) is 0. The Balaban J connectivity index is 1.15. The van der Waals surface area contributed by atoms with Crippen LogP contribution >= 0.6 is 0 Å². The van der Waals surface area contributed by atoms with Crippen LogP contribution in [0.1, 0.15) is 74.9 Å². The molecule has 0 aliphatic heterocycles. The Hall–Kier alpha value is -6.18. The van der Waals surface area contributed by atoms with Gasteiger partial charge in [0, 0.05) is 33.2 Å². The number of hydrogen-bond acceptors (Lipinski definition) is 1. The lowest BCUT2D eigenvalue weighted by Crippen LogP contribution is -2.18. The lowest BCUT2D eigenvalue weighted by atomic mass is 9.79. The maximum Gasteiger partial charge on any atom is 0.0549 e. The molecule has 270 valence electrons. The Bertz CT molecular complexity index is 2940. The van der Waals surface area contributed by atoms with Gasteiger partial charge in [-0.05, 0) is 113 Å². The van der Waals surface area contributed by atoms with Gasteiger partial charge in [0.25, 0.3) is 0 Å². The number of nitrogens with zero attached hydrogens (tertiary/aromatic N) is 1. The van der Waals surface area contributed by atoms with Gasteiger partial charge in [-0.1, -0.05) is 175 Å². The van der Waals surface area contributed by atoms with Crippen LogP contribution in [0.15, 0.2) is 164 Å². The molecule has 0 saturated carbocycles. The summed E-state index contributed by atoms with van der Waals surface area (Å²) < 4.78 is 0. The van der Waals surface area contributed by atoms with Gasteiger partial charge in [0.1, 0.15) is 0 Å². The summed E-state index contributed by atoms with van der Waals surface area (Å²) in [6, 6.07) is 61.8. The van der Waals surface area contributed by atoms with E-state index < -0.39 is 0 Å². The van der Waals surface area contributed by atoms with E-state index in [1.807, 2.05) is 0 Å². The molecule has 3 aliphatic carbocycles. The predicted octanol–water partition coefficient (Wildman–Crippen LogP) is 14.9. The van der Waals surface area contributed by atoms with Crippen LogP contribution in [0.4, 0.5) is 17.1 Å². The minimum atomic E-state index is -0.156. The minimum Gasteiger partial charge on any atom is -0.310 e. The van der Waals surface area contributed by atoms with E-state index in [1.165, 1.54) is 100 Å². The van der Waals surface area contributed by atoms with Crippen molar-refractivity contribution >= 4 is 27.8 Å². The van der Waals surface area contributed by atoms with Crippen molar-refractivity contribution in [2.75, 3.05) is 4.90 Å². The summed E-state index contributed by atoms with van der Waals surface area (Å²) in [4.78, 5) is 2.54. The first-order valence-corrected chi connectivity index (χ1v) is 20.1. The zero-order chi connectivity index (χ0) is 38.1. The highest BCUT2D eigenvalue weighted by Crippen LogP contribution is 2.58. The lowest BCUT2D eigenvalue weighted by Gasteiger charge is -2.31. The van der Waals surface area contributed by atoms with Crippen molar-refractivity contribution in [2.45, 2.75) is 57.8 Å². The molecule has 0 N–H and O–H groups in total. The van der Waals surface area contributed by atoms with Crippen molar-refractivity contribution in [3.8, 4) is 44.5 Å². The van der Waals surface area contributed by atoms with E-state index in [2.05, 4.69) is 210 Å². The minimum absolute atomic E-state index is 0.0894. The van der Waals surface area contributed by atoms with Crippen molar-refractivity contribution < 1.29 is 0 Å². The van der Waals surface area contributed by atoms with Gasteiger partial charge in [0.05, 0.1) is 5.69 Å². The smallest absolute Gasteiger partial charge is 0.0549 e. The van der Waals surface area contributed by atoms with Gasteiger partial charge in [0.15, 0.2) is 0 Å². The van der Waals surface area contributed by atoms with Crippen molar-refractivity contribution in [1.29, 1.82) is 0 Å². The molecule has 8 aromatic carbocycles. The average Bonchev–Trinajstić information content (AvgIpc) is 3.71. The molecular weight excluding hydrogens is 675 g/mol. The molecule has 1 heteroatoms. The first-order chi connectivity index (χ1) is 27.1. The molecule has 56 heavy (non-hydrogen) atoms. The fourth-order valence-corrected chi connectivity index (χ4v) is 10.9. The first kappa shape index (κ1) is 33.2. The zero-order valence-electron chi connectivity index (χ0n) is 33.0. The van der Waals surface area contributed by atoms with Crippen LogP contribution in [0.5, 0.6) is 0 Å². The van der Waals surface area contributed by atoms with Crippen LogP contribution in [-0.4, -0.2) is 0 Å². The molecule has 0 amide bonds. The number of rotatable bonds is 4. The van der Waals surface area contributed by atoms with E-state index in [0.29, 0.717) is 0 Å². The van der Waals surface area contributed by atoms with Gasteiger partial charge >= 0.3 is 0 Å². The van der Waals surface area contributed by atoms with E-state index >= 15 is 0 Å². The van der Waals surface area contributed by atoms with Crippen molar-refractivity contribution in [3.05, 3.63) is 197 Å². The summed E-state index contributed by atoms with van der Waals surface area (Å²) >= 11 is 0. The van der Waals surface area contributed by atoms with Gasteiger partial charge in [0.2, 0.25) is 0 Å². The molecule has 0 fully saturated rings. The third-order valence-corrected chi connectivity index (χ3v) is 13.6. The molecule has 0 spiro atoms. The zero-order valence-corrected chi connectivity index (χ0v) is 33.0. The molecule has 0 unspecified atom stereocenters. The van der Waals surface area contributed by atoms with Gasteiger partial charge in [-0.15, -0.1) is 0 Å². The first-order valence-electron chi connectivity index (χ1n) is 20.1. The Morgan fingerprint density at radius 2 is 0.875 bits per heavy atom. The average molecular weight is 720 g/mol. The maximum absolute atomic E-state index is 2.54. The number of hydrogen-bond donors (Lipinski definition) is 0. The molecule has 8 aromatic rings. The molecule has 0 heterocycles. The fraction of sp³-hybridized carbons (Fsp3) is 0.164. The summed E-state index contributed by atoms with van der Waals surface area (Å²) in [5, 5.41) is 2.59. The molecule has 0 aromatic heterocycles. The van der Waals surface area contributed by atoms with Crippen LogP contribution in [0, 0.1) is 0 Å². The van der Waals surface area contributed by atoms with Crippen LogP contribution in [0.2, 0.25) is 0 Å². The summed E-state index contributed by atoms with van der Waals surface area (Å²) in [5.41, 5.74) is 22.1. The largest absolute Gasteiger partial charge is 0.310 e. The summed E-state index contributed by atoms with van der Waals surface area (Å²) in [7, 11) is 0. The summed E-state index contributed by atoms with van der Waals surface area (Å²) in [6.45, 7) is 14.3. The van der Waals surface area contributed by atoms with Crippen molar-refractivity contribution in [1.82, 2.24) is 0 Å². The van der Waals surface area contributed by atoms with Gasteiger partial charge in [-0.25, -0.2) is 0 Å². The number of benzene rings is 8. The van der Waals surface area contributed by atoms with E-state index in [-0.39, 0.29) is 16.2 Å². The molecule has 1 nitrogen and oxygen atoms in total. The Kier molecular flexibility index (Phi) is 6.77. The third kappa shape index (κ3) is 4.37. The van der Waals surface area contributed by atoms with E-state index in [4.69, 9.17) is 0 Å². The second-order valence-corrected chi connectivity index (χ2v) is 17.7. The molecule has 0 saturated heterocycles. The third-order valence-electron chi connectivity index (χ3n) is 13.6. The summed E-state index contributed by atoms with van der Waals surface area (Å²) in [5.74, 6) is 0. The van der Waals surface area contributed by atoms with Crippen molar-refractivity contribution in [2.24, 2.45) is 0 Å². The van der Waals surface area contributed by atoms with Crippen LogP contribution in [0.3, 0.4) is 0 Å². The Morgan fingerprint density at radius 1 is 0.357 bits per heavy atom. The SMILES string of the molecule is CC1(C)c2ccccc2-c2ccc(N(c3ccc(-c4cccc5c4C(C)(C)c4ccccc4-5)cc3)c3cc4ccccc4c4c3-c3ccccc3C4(C)C)cc21. The highest BCUT2D eigenvalue weighted by Gasteiger charge is 2.41. The molecule has 3 aliphatic rings. The molecule has 0 atom stereocenters. The fourth-order valence-electron chi connectivity index (χ4n) is 10.9. The normalized spacial score (nSPS) is 15.8. The van der Waals surface area contributed by atoms with Crippen molar-refractivity contribution in [3.63, 3.8) is 0 Å². The second-order valence-electron chi connectivity index (χ2n) is 17.7. The Morgan fingerprint density at radius 3 is 1.61 bits per heavy atom. The van der Waals surface area contributed by atoms with Crippen LogP contribution in [0.25, 0.3) is 55.3 Å². The van der Waals surface area contributed by atoms with Gasteiger partial charge in [-0.2, -0.15) is 0 Å². The van der Waals surface area contributed by atoms with E-state index in [0.717, 1.165) is 5.69 Å². The quantitative estimate of drug-likeness (QED) is 0.175. The standard InChI is InChI=1S/C55H45N/c1-53(2)45-23-12-9-18-40(45)42-31-30-37(33-48(42)53)56(49-32-35-16-7-8-17-39(35)52-50(49)44-20-11-14-25-47(44)55(52,5)6)36-28-26-34(27-29-36)38-21-15-22-43-41-19-10-13-24-46(41)54(3,4)51(38)43/h7-33H,1-6H3. The van der Waals surface area contributed by atoms with Crippen LogP contribution < -0.4 is 4.90 Å². The van der Waals surface area contributed by atoms with E-state index in [9.17, 15) is 0 Å². The maximum atomic E-state index is 2.54. The van der Waals surface area contributed by atoms with E-state index in [1.54, 1.807) is 0 Å². The van der Waals surface area contributed by atoms with Gasteiger partial charge < -0.3 is 4.90 Å². The Labute approximate surface area is 330 Å². The van der Waals surface area contributed by atoms with Gasteiger partial charge in [-0.3, -0.25) is 0 Å².